The number of methoxy groups -OCH3 is 1. The molecule has 0 N–H and O–H groups in total. The van der Waals surface area contributed by atoms with E-state index in [2.05, 4.69) is 19.0 Å². The molecule has 2 nitrogen and oxygen atoms in total. The van der Waals surface area contributed by atoms with Gasteiger partial charge in [-0.1, -0.05) is 12.8 Å². The third kappa shape index (κ3) is 2.17. The number of hydrogen-bond donors (Lipinski definition) is 0. The molecule has 1 atom stereocenters. The molecule has 0 bridgehead atoms. The first-order chi connectivity index (χ1) is 5.25. The van der Waals surface area contributed by atoms with Crippen molar-refractivity contribution in [1.82, 2.24) is 4.90 Å². The minimum Gasteiger partial charge on any atom is -0.366 e. The van der Waals surface area contributed by atoms with Crippen molar-refractivity contribution in [2.75, 3.05) is 21.2 Å². The zero-order valence-electron chi connectivity index (χ0n) is 7.84. The Bertz CT molecular complexity index is 108. The quantitative estimate of drug-likeness (QED) is 0.578. The second-order valence-electron chi connectivity index (χ2n) is 3.63. The van der Waals surface area contributed by atoms with Crippen LogP contribution in [0.15, 0.2) is 0 Å². The van der Waals surface area contributed by atoms with Crippen molar-refractivity contribution >= 4 is 0 Å². The van der Waals surface area contributed by atoms with Crippen molar-refractivity contribution in [2.45, 2.75) is 31.9 Å². The maximum Gasteiger partial charge on any atom is 0.112 e. The molecule has 1 unspecified atom stereocenters. The van der Waals surface area contributed by atoms with Gasteiger partial charge in [0, 0.05) is 7.11 Å². The summed E-state index contributed by atoms with van der Waals surface area (Å²) in [5.41, 5.74) is 0. The van der Waals surface area contributed by atoms with Crippen LogP contribution in [0.3, 0.4) is 0 Å². The lowest BCUT2D eigenvalue weighted by Gasteiger charge is -2.28. The molecule has 0 aromatic heterocycles. The van der Waals surface area contributed by atoms with Gasteiger partial charge in [0.1, 0.15) is 6.23 Å². The highest BCUT2D eigenvalue weighted by molar-refractivity contribution is 4.73. The molecule has 1 fully saturated rings. The monoisotopic (exact) mass is 157 g/mol. The van der Waals surface area contributed by atoms with E-state index >= 15 is 0 Å². The average Bonchev–Trinajstić information content (AvgIpc) is 2.40. The van der Waals surface area contributed by atoms with E-state index in [1.165, 1.54) is 25.7 Å². The van der Waals surface area contributed by atoms with E-state index in [1.54, 1.807) is 0 Å². The topological polar surface area (TPSA) is 12.5 Å². The molecule has 0 heterocycles. The summed E-state index contributed by atoms with van der Waals surface area (Å²) in [7, 11) is 5.99. The highest BCUT2D eigenvalue weighted by Crippen LogP contribution is 2.29. The highest BCUT2D eigenvalue weighted by atomic mass is 16.5. The van der Waals surface area contributed by atoms with E-state index in [-0.39, 0.29) is 0 Å². The molecular formula is C9H19NO. The van der Waals surface area contributed by atoms with Crippen LogP contribution < -0.4 is 0 Å². The summed E-state index contributed by atoms with van der Waals surface area (Å²) < 4.78 is 5.42. The van der Waals surface area contributed by atoms with Gasteiger partial charge in [-0.05, 0) is 32.9 Å². The molecule has 0 spiro atoms. The third-order valence-electron chi connectivity index (χ3n) is 2.55. The molecular weight excluding hydrogens is 138 g/mol. The Labute approximate surface area is 69.5 Å². The van der Waals surface area contributed by atoms with Gasteiger partial charge >= 0.3 is 0 Å². The van der Waals surface area contributed by atoms with E-state index in [0.29, 0.717) is 6.23 Å². The molecule has 1 aliphatic rings. The predicted molar refractivity (Wildman–Crippen MR) is 46.4 cm³/mol. The molecule has 1 aliphatic carbocycles. The first-order valence-electron chi connectivity index (χ1n) is 4.45. The van der Waals surface area contributed by atoms with Crippen molar-refractivity contribution in [2.24, 2.45) is 5.92 Å². The Balaban J connectivity index is 2.40. The van der Waals surface area contributed by atoms with Crippen LogP contribution >= 0.6 is 0 Å². The molecule has 2 heteroatoms. The first-order valence-corrected chi connectivity index (χ1v) is 4.45. The average molecular weight is 157 g/mol. The maximum absolute atomic E-state index is 5.42. The molecule has 0 amide bonds. The summed E-state index contributed by atoms with van der Waals surface area (Å²) in [6, 6.07) is 0. The smallest absolute Gasteiger partial charge is 0.112 e. The van der Waals surface area contributed by atoms with Crippen molar-refractivity contribution < 1.29 is 4.74 Å². The minimum absolute atomic E-state index is 0.345. The van der Waals surface area contributed by atoms with Gasteiger partial charge in [0.2, 0.25) is 0 Å². The summed E-state index contributed by atoms with van der Waals surface area (Å²) in [6.45, 7) is 0. The number of nitrogens with zero attached hydrogens (tertiary/aromatic N) is 1. The summed E-state index contributed by atoms with van der Waals surface area (Å²) in [4.78, 5) is 2.18. The number of hydrogen-bond acceptors (Lipinski definition) is 2. The molecule has 0 aliphatic heterocycles. The maximum atomic E-state index is 5.42. The van der Waals surface area contributed by atoms with Crippen LogP contribution in [0.1, 0.15) is 25.7 Å². The minimum atomic E-state index is 0.345. The van der Waals surface area contributed by atoms with Crippen LogP contribution in [0.5, 0.6) is 0 Å². The van der Waals surface area contributed by atoms with Crippen molar-refractivity contribution in [3.05, 3.63) is 0 Å². The normalized spacial score (nSPS) is 22.9. The fraction of sp³-hybridized carbons (Fsp3) is 1.00. The Morgan fingerprint density at radius 2 is 1.82 bits per heavy atom. The van der Waals surface area contributed by atoms with Crippen LogP contribution in [-0.4, -0.2) is 32.3 Å². The van der Waals surface area contributed by atoms with Gasteiger partial charge in [-0.2, -0.15) is 0 Å². The van der Waals surface area contributed by atoms with Gasteiger partial charge in [-0.15, -0.1) is 0 Å². The largest absolute Gasteiger partial charge is 0.366 e. The van der Waals surface area contributed by atoms with E-state index in [4.69, 9.17) is 4.74 Å². The lowest BCUT2D eigenvalue weighted by molar-refractivity contribution is -0.0441. The number of rotatable bonds is 3. The van der Waals surface area contributed by atoms with E-state index in [1.807, 2.05) is 7.11 Å². The molecule has 66 valence electrons. The van der Waals surface area contributed by atoms with Crippen LogP contribution in [0.25, 0.3) is 0 Å². The van der Waals surface area contributed by atoms with Crippen molar-refractivity contribution in [3.63, 3.8) is 0 Å². The van der Waals surface area contributed by atoms with Crippen LogP contribution in [0, 0.1) is 5.92 Å². The zero-order chi connectivity index (χ0) is 8.27. The summed E-state index contributed by atoms with van der Waals surface area (Å²) in [5.74, 6) is 0.773. The third-order valence-corrected chi connectivity index (χ3v) is 2.55. The Morgan fingerprint density at radius 3 is 2.18 bits per heavy atom. The van der Waals surface area contributed by atoms with Gasteiger partial charge in [0.15, 0.2) is 0 Å². The molecule has 11 heavy (non-hydrogen) atoms. The first kappa shape index (κ1) is 9.01. The zero-order valence-corrected chi connectivity index (χ0v) is 7.84. The second kappa shape index (κ2) is 4.07. The summed E-state index contributed by atoms with van der Waals surface area (Å²) in [6.07, 6.45) is 5.81. The summed E-state index contributed by atoms with van der Waals surface area (Å²) >= 11 is 0. The SMILES string of the molecule is COC(C1CCCC1)N(C)C. The van der Waals surface area contributed by atoms with Crippen LogP contribution in [0.2, 0.25) is 0 Å². The van der Waals surface area contributed by atoms with Crippen LogP contribution in [0.4, 0.5) is 0 Å². The second-order valence-corrected chi connectivity index (χ2v) is 3.63. The molecule has 0 radical (unpaired) electrons. The van der Waals surface area contributed by atoms with Crippen molar-refractivity contribution in [1.29, 1.82) is 0 Å². The van der Waals surface area contributed by atoms with E-state index in [9.17, 15) is 0 Å². The summed E-state index contributed by atoms with van der Waals surface area (Å²) in [5, 5.41) is 0. The van der Waals surface area contributed by atoms with Gasteiger partial charge in [-0.25, -0.2) is 0 Å². The van der Waals surface area contributed by atoms with Gasteiger partial charge in [-0.3, -0.25) is 4.90 Å². The Hall–Kier alpha value is -0.0800. The molecule has 0 aromatic carbocycles. The highest BCUT2D eigenvalue weighted by Gasteiger charge is 2.25. The fourth-order valence-electron chi connectivity index (χ4n) is 2.07. The predicted octanol–water partition coefficient (Wildman–Crippen LogP) is 1.71. The van der Waals surface area contributed by atoms with E-state index < -0.39 is 0 Å². The number of ether oxygens (including phenoxy) is 1. The van der Waals surface area contributed by atoms with Gasteiger partial charge < -0.3 is 4.74 Å². The van der Waals surface area contributed by atoms with Crippen molar-refractivity contribution in [3.8, 4) is 0 Å². The standard InChI is InChI=1S/C9H19NO/c1-10(2)9(11-3)8-6-4-5-7-8/h8-9H,4-7H2,1-3H3. The lowest BCUT2D eigenvalue weighted by atomic mass is 10.1. The Kier molecular flexibility index (Phi) is 3.34. The van der Waals surface area contributed by atoms with E-state index in [0.717, 1.165) is 5.92 Å². The fourth-order valence-corrected chi connectivity index (χ4v) is 2.07. The van der Waals surface area contributed by atoms with Gasteiger partial charge in [0.25, 0.3) is 0 Å². The molecule has 1 rings (SSSR count). The molecule has 1 saturated carbocycles. The van der Waals surface area contributed by atoms with Gasteiger partial charge in [0.05, 0.1) is 0 Å². The molecule has 0 saturated heterocycles. The molecule has 0 aromatic rings. The lowest BCUT2D eigenvalue weighted by Crippen LogP contribution is -2.35. The van der Waals surface area contributed by atoms with Crippen LogP contribution in [-0.2, 0) is 4.74 Å². The Morgan fingerprint density at radius 1 is 1.27 bits per heavy atom.